The van der Waals surface area contributed by atoms with E-state index in [9.17, 15) is 9.18 Å². The van der Waals surface area contributed by atoms with Gasteiger partial charge in [-0.15, -0.1) is 0 Å². The molecule has 0 aliphatic heterocycles. The van der Waals surface area contributed by atoms with Gasteiger partial charge in [-0.05, 0) is 25.0 Å². The third-order valence-electron chi connectivity index (χ3n) is 3.81. The summed E-state index contributed by atoms with van der Waals surface area (Å²) in [5.74, 6) is -0.921. The van der Waals surface area contributed by atoms with Crippen molar-refractivity contribution in [1.82, 2.24) is 0 Å². The van der Waals surface area contributed by atoms with Gasteiger partial charge < -0.3 is 4.90 Å². The van der Waals surface area contributed by atoms with Gasteiger partial charge in [-0.1, -0.05) is 41.9 Å². The Morgan fingerprint density at radius 1 is 1.19 bits per heavy atom. The van der Waals surface area contributed by atoms with Gasteiger partial charge in [0.15, 0.2) is 11.6 Å². The van der Waals surface area contributed by atoms with Crippen LogP contribution in [0.4, 0.5) is 10.1 Å². The van der Waals surface area contributed by atoms with Crippen molar-refractivity contribution in [3.05, 3.63) is 64.4 Å². The fraction of sp³-hybridized carbons (Fsp3) is 0.235. The van der Waals surface area contributed by atoms with Gasteiger partial charge >= 0.3 is 0 Å². The second-order valence-corrected chi connectivity index (χ2v) is 5.70. The minimum absolute atomic E-state index is 0.0483. The molecule has 0 N–H and O–H groups in total. The lowest BCUT2D eigenvalue weighted by molar-refractivity contribution is 0.103. The van der Waals surface area contributed by atoms with Crippen molar-refractivity contribution in [1.29, 1.82) is 0 Å². The van der Waals surface area contributed by atoms with Crippen LogP contribution in [-0.2, 0) is 0 Å². The van der Waals surface area contributed by atoms with E-state index in [2.05, 4.69) is 0 Å². The summed E-state index contributed by atoms with van der Waals surface area (Å²) in [6.07, 6.45) is 2.11. The molecule has 0 radical (unpaired) electrons. The van der Waals surface area contributed by atoms with Gasteiger partial charge in [0.1, 0.15) is 0 Å². The number of nitrogens with zero attached hydrogens (tertiary/aromatic N) is 1. The molecule has 1 aliphatic carbocycles. The van der Waals surface area contributed by atoms with Crippen molar-refractivity contribution in [2.75, 3.05) is 11.9 Å². The van der Waals surface area contributed by atoms with Crippen molar-refractivity contribution in [3.8, 4) is 0 Å². The molecular formula is C17H15ClFNO. The molecule has 0 heterocycles. The Labute approximate surface area is 128 Å². The van der Waals surface area contributed by atoms with Crippen LogP contribution in [0.2, 0.25) is 5.02 Å². The summed E-state index contributed by atoms with van der Waals surface area (Å²) in [5.41, 5.74) is 0.818. The second kappa shape index (κ2) is 5.49. The Bertz CT molecular complexity index is 683. The van der Waals surface area contributed by atoms with Gasteiger partial charge in [-0.25, -0.2) is 4.39 Å². The van der Waals surface area contributed by atoms with Crippen LogP contribution >= 0.6 is 11.6 Å². The van der Waals surface area contributed by atoms with Gasteiger partial charge in [0.05, 0.1) is 16.3 Å². The van der Waals surface area contributed by atoms with Gasteiger partial charge in [-0.3, -0.25) is 4.79 Å². The summed E-state index contributed by atoms with van der Waals surface area (Å²) < 4.78 is 14.8. The Morgan fingerprint density at radius 2 is 1.86 bits per heavy atom. The van der Waals surface area contributed by atoms with Gasteiger partial charge in [0.25, 0.3) is 0 Å². The smallest absolute Gasteiger partial charge is 0.197 e. The van der Waals surface area contributed by atoms with Crippen molar-refractivity contribution in [2.24, 2.45) is 0 Å². The fourth-order valence-electron chi connectivity index (χ4n) is 2.41. The van der Waals surface area contributed by atoms with Crippen LogP contribution < -0.4 is 4.90 Å². The van der Waals surface area contributed by atoms with Gasteiger partial charge in [0.2, 0.25) is 0 Å². The summed E-state index contributed by atoms with van der Waals surface area (Å²) in [7, 11) is 1.85. The molecule has 0 bridgehead atoms. The number of anilines is 1. The van der Waals surface area contributed by atoms with E-state index in [0.29, 0.717) is 17.3 Å². The number of benzene rings is 2. The van der Waals surface area contributed by atoms with Crippen LogP contribution in [0.25, 0.3) is 0 Å². The van der Waals surface area contributed by atoms with Crippen molar-refractivity contribution in [3.63, 3.8) is 0 Å². The van der Waals surface area contributed by atoms with Crippen molar-refractivity contribution < 1.29 is 9.18 Å². The SMILES string of the molecule is CN(c1ccc(Cl)c(C(=O)c2ccccc2)c1F)C1CC1. The quantitative estimate of drug-likeness (QED) is 0.785. The standard InChI is InChI=1S/C17H15ClFNO/c1-20(12-7-8-12)14-10-9-13(18)15(16(14)19)17(21)11-5-3-2-4-6-11/h2-6,9-10,12H,7-8H2,1H3. The molecule has 0 atom stereocenters. The predicted molar refractivity (Wildman–Crippen MR) is 82.7 cm³/mol. The molecule has 4 heteroatoms. The van der Waals surface area contributed by atoms with E-state index in [-0.39, 0.29) is 16.4 Å². The summed E-state index contributed by atoms with van der Waals surface area (Å²) in [6.45, 7) is 0. The molecule has 1 saturated carbocycles. The monoisotopic (exact) mass is 303 g/mol. The number of hydrogen-bond acceptors (Lipinski definition) is 2. The van der Waals surface area contributed by atoms with E-state index in [0.717, 1.165) is 12.8 Å². The van der Waals surface area contributed by atoms with Crippen LogP contribution in [0.5, 0.6) is 0 Å². The Kier molecular flexibility index (Phi) is 3.68. The molecule has 2 aromatic carbocycles. The molecule has 108 valence electrons. The molecule has 1 fully saturated rings. The molecule has 2 nitrogen and oxygen atoms in total. The average Bonchev–Trinajstić information content (AvgIpc) is 3.32. The van der Waals surface area contributed by atoms with Crippen LogP contribution in [-0.4, -0.2) is 18.9 Å². The number of halogens is 2. The lowest BCUT2D eigenvalue weighted by atomic mass is 10.0. The summed E-state index contributed by atoms with van der Waals surface area (Å²) >= 11 is 6.07. The molecule has 0 unspecified atom stereocenters. The van der Waals surface area contributed by atoms with Crippen LogP contribution in [0, 0.1) is 5.82 Å². The Balaban J connectivity index is 2.05. The van der Waals surface area contributed by atoms with Crippen LogP contribution in [0.15, 0.2) is 42.5 Å². The van der Waals surface area contributed by atoms with E-state index in [1.807, 2.05) is 18.0 Å². The van der Waals surface area contributed by atoms with E-state index >= 15 is 0 Å². The summed E-state index contributed by atoms with van der Waals surface area (Å²) in [6, 6.07) is 12.2. The largest absolute Gasteiger partial charge is 0.369 e. The molecule has 0 spiro atoms. The molecule has 0 amide bonds. The highest BCUT2D eigenvalue weighted by Gasteiger charge is 2.30. The summed E-state index contributed by atoms with van der Waals surface area (Å²) in [4.78, 5) is 14.4. The molecule has 21 heavy (non-hydrogen) atoms. The maximum absolute atomic E-state index is 14.8. The Hall–Kier alpha value is -1.87. The minimum Gasteiger partial charge on any atom is -0.369 e. The lowest BCUT2D eigenvalue weighted by Crippen LogP contribution is -2.22. The third kappa shape index (κ3) is 2.66. The van der Waals surface area contributed by atoms with Gasteiger partial charge in [-0.2, -0.15) is 0 Å². The molecular weight excluding hydrogens is 289 g/mol. The zero-order chi connectivity index (χ0) is 15.0. The normalized spacial score (nSPS) is 14.0. The number of carbonyl (C=O) groups is 1. The topological polar surface area (TPSA) is 20.3 Å². The number of ketones is 1. The molecule has 2 aromatic rings. The van der Waals surface area contributed by atoms with E-state index in [1.54, 1.807) is 36.4 Å². The third-order valence-corrected chi connectivity index (χ3v) is 4.12. The first kappa shape index (κ1) is 14.1. The first-order chi connectivity index (χ1) is 10.1. The highest BCUT2D eigenvalue weighted by molar-refractivity contribution is 6.35. The van der Waals surface area contributed by atoms with Gasteiger partial charge in [0, 0.05) is 18.7 Å². The number of hydrogen-bond donors (Lipinski definition) is 0. The highest BCUT2D eigenvalue weighted by atomic mass is 35.5. The van der Waals surface area contributed by atoms with Crippen molar-refractivity contribution >= 4 is 23.1 Å². The number of rotatable bonds is 4. The molecule has 0 saturated heterocycles. The number of carbonyl (C=O) groups excluding carboxylic acids is 1. The summed E-state index contributed by atoms with van der Waals surface area (Å²) in [5, 5.41) is 0.147. The highest BCUT2D eigenvalue weighted by Crippen LogP contribution is 2.35. The first-order valence-corrected chi connectivity index (χ1v) is 7.28. The van der Waals surface area contributed by atoms with E-state index in [4.69, 9.17) is 11.6 Å². The molecule has 1 aliphatic rings. The predicted octanol–water partition coefficient (Wildman–Crippen LogP) is 4.31. The minimum atomic E-state index is -0.536. The lowest BCUT2D eigenvalue weighted by Gasteiger charge is -2.21. The molecule has 0 aromatic heterocycles. The maximum Gasteiger partial charge on any atom is 0.197 e. The Morgan fingerprint density at radius 3 is 2.48 bits per heavy atom. The molecule has 3 rings (SSSR count). The first-order valence-electron chi connectivity index (χ1n) is 6.90. The van der Waals surface area contributed by atoms with Crippen LogP contribution in [0.1, 0.15) is 28.8 Å². The fourth-order valence-corrected chi connectivity index (χ4v) is 2.65. The van der Waals surface area contributed by atoms with Crippen LogP contribution in [0.3, 0.4) is 0 Å². The second-order valence-electron chi connectivity index (χ2n) is 5.29. The van der Waals surface area contributed by atoms with Crippen molar-refractivity contribution in [2.45, 2.75) is 18.9 Å². The maximum atomic E-state index is 14.8. The zero-order valence-electron chi connectivity index (χ0n) is 11.6. The van der Waals surface area contributed by atoms with E-state index in [1.165, 1.54) is 0 Å². The average molecular weight is 304 g/mol. The zero-order valence-corrected chi connectivity index (χ0v) is 12.4. The van der Waals surface area contributed by atoms with E-state index < -0.39 is 5.82 Å².